The van der Waals surface area contributed by atoms with Gasteiger partial charge in [-0.1, -0.05) is 24.3 Å². The maximum Gasteiger partial charge on any atom is 0.225 e. The molecule has 7 nitrogen and oxygen atoms in total. The molecule has 0 amide bonds. The molecule has 2 aliphatic rings. The van der Waals surface area contributed by atoms with Crippen molar-refractivity contribution in [3.8, 4) is 0 Å². The highest BCUT2D eigenvalue weighted by Gasteiger charge is 2.40. The minimum Gasteiger partial charge on any atom is -0.366 e. The minimum atomic E-state index is -3.64. The molecule has 1 aromatic carbocycles. The standard InChI is InChI=1S/C23H25N5O2S/c29-31(30,21-7-2-1-3-8-21)23-10-9-22(26-27-23)25-20-12-17-14-28(15-18(17)13-20)16-19-6-4-5-11-24-19/h1-11,17-18,20H,12-16H2,(H,25,26)/t17-,18?,20?/m1/s1. The Kier molecular flexibility index (Phi) is 5.41. The molecule has 2 fully saturated rings. The fourth-order valence-electron chi connectivity index (χ4n) is 4.83. The van der Waals surface area contributed by atoms with Crippen molar-refractivity contribution in [2.75, 3.05) is 18.4 Å². The Morgan fingerprint density at radius 2 is 1.65 bits per heavy atom. The average molecular weight is 436 g/mol. The lowest BCUT2D eigenvalue weighted by Gasteiger charge is -2.19. The highest BCUT2D eigenvalue weighted by atomic mass is 32.2. The lowest BCUT2D eigenvalue weighted by Crippen LogP contribution is -2.25. The zero-order valence-corrected chi connectivity index (χ0v) is 17.9. The van der Waals surface area contributed by atoms with Gasteiger partial charge in [-0.15, -0.1) is 10.2 Å². The second-order valence-corrected chi connectivity index (χ2v) is 10.3. The van der Waals surface area contributed by atoms with Crippen molar-refractivity contribution >= 4 is 15.7 Å². The molecule has 0 radical (unpaired) electrons. The molecular weight excluding hydrogens is 410 g/mol. The zero-order chi connectivity index (χ0) is 21.3. The molecule has 1 N–H and O–H groups in total. The van der Waals surface area contributed by atoms with Crippen LogP contribution in [-0.2, 0) is 16.4 Å². The van der Waals surface area contributed by atoms with Gasteiger partial charge in [0.1, 0.15) is 5.82 Å². The van der Waals surface area contributed by atoms with Gasteiger partial charge in [-0.2, -0.15) is 0 Å². The van der Waals surface area contributed by atoms with E-state index in [0.29, 0.717) is 23.7 Å². The molecule has 1 saturated carbocycles. The molecule has 1 aliphatic heterocycles. The summed E-state index contributed by atoms with van der Waals surface area (Å²) in [5, 5.41) is 11.5. The summed E-state index contributed by atoms with van der Waals surface area (Å²) in [7, 11) is -3.64. The molecule has 3 heterocycles. The van der Waals surface area contributed by atoms with Gasteiger partial charge in [-0.05, 0) is 61.1 Å². The van der Waals surface area contributed by atoms with Crippen molar-refractivity contribution in [1.29, 1.82) is 0 Å². The summed E-state index contributed by atoms with van der Waals surface area (Å²) in [4.78, 5) is 7.16. The second kappa shape index (κ2) is 8.36. The second-order valence-electron chi connectivity index (χ2n) is 8.42. The number of nitrogens with one attached hydrogen (secondary N) is 1. The number of pyridine rings is 1. The molecule has 3 atom stereocenters. The number of benzene rings is 1. The summed E-state index contributed by atoms with van der Waals surface area (Å²) >= 11 is 0. The van der Waals surface area contributed by atoms with Gasteiger partial charge >= 0.3 is 0 Å². The third-order valence-electron chi connectivity index (χ3n) is 6.26. The topological polar surface area (TPSA) is 88.1 Å². The normalized spacial score (nSPS) is 23.5. The quantitative estimate of drug-likeness (QED) is 0.637. The van der Waals surface area contributed by atoms with E-state index in [1.54, 1.807) is 36.4 Å². The van der Waals surface area contributed by atoms with Crippen LogP contribution in [0.15, 0.2) is 76.8 Å². The largest absolute Gasteiger partial charge is 0.366 e. The molecule has 31 heavy (non-hydrogen) atoms. The van der Waals surface area contributed by atoms with Crippen molar-refractivity contribution in [3.05, 3.63) is 72.6 Å². The Morgan fingerprint density at radius 1 is 0.903 bits per heavy atom. The monoisotopic (exact) mass is 435 g/mol. The van der Waals surface area contributed by atoms with Gasteiger partial charge in [-0.25, -0.2) is 8.42 Å². The molecule has 1 aliphatic carbocycles. The molecule has 5 rings (SSSR count). The minimum absolute atomic E-state index is 0.0299. The number of fused-ring (bicyclic) bond motifs is 1. The van der Waals surface area contributed by atoms with E-state index in [9.17, 15) is 8.42 Å². The van der Waals surface area contributed by atoms with E-state index in [4.69, 9.17) is 0 Å². The predicted molar refractivity (Wildman–Crippen MR) is 117 cm³/mol. The van der Waals surface area contributed by atoms with E-state index in [1.807, 2.05) is 18.3 Å². The Hall–Kier alpha value is -2.84. The van der Waals surface area contributed by atoms with Crippen LogP contribution in [0, 0.1) is 11.8 Å². The van der Waals surface area contributed by atoms with Crippen LogP contribution >= 0.6 is 0 Å². The number of sulfone groups is 1. The van der Waals surface area contributed by atoms with Crippen LogP contribution in [0.1, 0.15) is 18.5 Å². The van der Waals surface area contributed by atoms with Crippen molar-refractivity contribution < 1.29 is 8.42 Å². The lowest BCUT2D eigenvalue weighted by molar-refractivity contribution is 0.297. The summed E-state index contributed by atoms with van der Waals surface area (Å²) in [5.74, 6) is 1.97. The smallest absolute Gasteiger partial charge is 0.225 e. The van der Waals surface area contributed by atoms with Crippen molar-refractivity contribution in [1.82, 2.24) is 20.1 Å². The number of anilines is 1. The highest BCUT2D eigenvalue weighted by Crippen LogP contribution is 2.39. The van der Waals surface area contributed by atoms with Gasteiger partial charge < -0.3 is 5.32 Å². The van der Waals surface area contributed by atoms with E-state index in [2.05, 4.69) is 31.5 Å². The SMILES string of the molecule is O=S(=O)(c1ccccc1)c1ccc(NC2CC3CN(Cc4ccccn4)C[C@H]3C2)nn1. The van der Waals surface area contributed by atoms with Crippen LogP contribution in [0.25, 0.3) is 0 Å². The maximum absolute atomic E-state index is 12.7. The number of likely N-dealkylation sites (tertiary alicyclic amines) is 1. The van der Waals surface area contributed by atoms with E-state index in [0.717, 1.165) is 38.2 Å². The van der Waals surface area contributed by atoms with Crippen molar-refractivity contribution in [2.45, 2.75) is 35.3 Å². The van der Waals surface area contributed by atoms with Crippen molar-refractivity contribution in [3.63, 3.8) is 0 Å². The summed E-state index contributed by atoms with van der Waals surface area (Å²) in [5.41, 5.74) is 1.12. The number of aromatic nitrogens is 3. The number of hydrogen-bond donors (Lipinski definition) is 1. The summed E-state index contributed by atoms with van der Waals surface area (Å²) in [6.07, 6.45) is 4.04. The zero-order valence-electron chi connectivity index (χ0n) is 17.1. The van der Waals surface area contributed by atoms with E-state index < -0.39 is 9.84 Å². The van der Waals surface area contributed by atoms with Gasteiger partial charge in [0.05, 0.1) is 10.6 Å². The summed E-state index contributed by atoms with van der Waals surface area (Å²) in [6, 6.07) is 18.0. The maximum atomic E-state index is 12.7. The number of nitrogens with zero attached hydrogens (tertiary/aromatic N) is 4. The third kappa shape index (κ3) is 4.31. The van der Waals surface area contributed by atoms with Gasteiger partial charge in [0.2, 0.25) is 9.84 Å². The fraction of sp³-hybridized carbons (Fsp3) is 0.348. The first-order valence-electron chi connectivity index (χ1n) is 10.6. The summed E-state index contributed by atoms with van der Waals surface area (Å²) < 4.78 is 25.3. The molecule has 160 valence electrons. The van der Waals surface area contributed by atoms with Crippen molar-refractivity contribution in [2.24, 2.45) is 11.8 Å². The van der Waals surface area contributed by atoms with Crippen LogP contribution in [0.3, 0.4) is 0 Å². The molecule has 0 bridgehead atoms. The van der Waals surface area contributed by atoms with Crippen LogP contribution in [0.4, 0.5) is 5.82 Å². The van der Waals surface area contributed by atoms with Gasteiger partial charge in [-0.3, -0.25) is 9.88 Å². The first kappa shape index (κ1) is 20.1. The third-order valence-corrected chi connectivity index (χ3v) is 7.92. The molecule has 2 aromatic heterocycles. The lowest BCUT2D eigenvalue weighted by atomic mass is 10.0. The predicted octanol–water partition coefficient (Wildman–Crippen LogP) is 3.03. The molecule has 1 saturated heterocycles. The van der Waals surface area contributed by atoms with Crippen LogP contribution in [-0.4, -0.2) is 47.6 Å². The van der Waals surface area contributed by atoms with Crippen LogP contribution in [0.2, 0.25) is 0 Å². The van der Waals surface area contributed by atoms with E-state index in [-0.39, 0.29) is 9.92 Å². The highest BCUT2D eigenvalue weighted by molar-refractivity contribution is 7.91. The molecular formula is C23H25N5O2S. The Balaban J connectivity index is 1.17. The Morgan fingerprint density at radius 3 is 2.29 bits per heavy atom. The van der Waals surface area contributed by atoms with Gasteiger partial charge in [0, 0.05) is 31.9 Å². The molecule has 2 unspecified atom stereocenters. The first-order valence-corrected chi connectivity index (χ1v) is 12.1. The Bertz CT molecular complexity index is 1110. The van der Waals surface area contributed by atoms with Crippen LogP contribution in [0.5, 0.6) is 0 Å². The molecule has 8 heteroatoms. The first-order chi connectivity index (χ1) is 15.1. The Labute approximate surface area is 182 Å². The number of rotatable bonds is 6. The fourth-order valence-corrected chi connectivity index (χ4v) is 5.99. The van der Waals surface area contributed by atoms with Gasteiger partial charge in [0.25, 0.3) is 0 Å². The number of hydrogen-bond acceptors (Lipinski definition) is 7. The van der Waals surface area contributed by atoms with Crippen LogP contribution < -0.4 is 5.32 Å². The molecule has 3 aromatic rings. The van der Waals surface area contributed by atoms with E-state index in [1.165, 1.54) is 6.07 Å². The molecule has 0 spiro atoms. The summed E-state index contributed by atoms with van der Waals surface area (Å²) in [6.45, 7) is 3.10. The van der Waals surface area contributed by atoms with Gasteiger partial charge in [0.15, 0.2) is 5.03 Å². The average Bonchev–Trinajstić information content (AvgIpc) is 3.33. The van der Waals surface area contributed by atoms with E-state index >= 15 is 0 Å².